The maximum atomic E-state index is 10.8. The van der Waals surface area contributed by atoms with Crippen molar-refractivity contribution in [2.75, 3.05) is 7.11 Å². The molecule has 1 saturated carbocycles. The van der Waals surface area contributed by atoms with Crippen molar-refractivity contribution in [3.8, 4) is 11.8 Å². The Morgan fingerprint density at radius 2 is 2.14 bits per heavy atom. The lowest BCUT2D eigenvalue weighted by Gasteiger charge is -2.38. The second-order valence-electron chi connectivity index (χ2n) is 5.91. The van der Waals surface area contributed by atoms with E-state index in [1.165, 1.54) is 0 Å². The average Bonchev–Trinajstić information content (AvgIpc) is 2.54. The zero-order valence-corrected chi connectivity index (χ0v) is 14.2. The lowest BCUT2D eigenvalue weighted by atomic mass is 9.66. The molecule has 1 fully saturated rings. The molecule has 2 rings (SSSR count). The average molecular weight is 352 g/mol. The maximum absolute atomic E-state index is 10.8. The number of methoxy groups -OCH3 is 1. The Balaban J connectivity index is 2.29. The molecule has 0 amide bonds. The second kappa shape index (κ2) is 6.81. The largest absolute Gasteiger partial charge is 0.497 e. The molecule has 1 N–H and O–H groups in total. The summed E-state index contributed by atoms with van der Waals surface area (Å²) in [7, 11) is 1.60. The molecule has 114 valence electrons. The zero-order chi connectivity index (χ0) is 15.5. The van der Waals surface area contributed by atoms with Gasteiger partial charge in [-0.2, -0.15) is 5.26 Å². The fourth-order valence-electron chi connectivity index (χ4n) is 3.20. The zero-order valence-electron chi connectivity index (χ0n) is 12.6. The quantitative estimate of drug-likeness (QED) is 0.862. The Bertz CT molecular complexity index is 530. The van der Waals surface area contributed by atoms with Crippen LogP contribution in [0.25, 0.3) is 0 Å². The summed E-state index contributed by atoms with van der Waals surface area (Å²) in [5.41, 5.74) is 0.0615. The van der Waals surface area contributed by atoms with Crippen molar-refractivity contribution in [2.24, 2.45) is 11.3 Å². The minimum Gasteiger partial charge on any atom is -0.497 e. The van der Waals surface area contributed by atoms with Gasteiger partial charge in [0.25, 0.3) is 0 Å². The Labute approximate surface area is 135 Å². The van der Waals surface area contributed by atoms with Crippen molar-refractivity contribution in [3.63, 3.8) is 0 Å². The highest BCUT2D eigenvalue weighted by atomic mass is 79.9. The molecule has 21 heavy (non-hydrogen) atoms. The molecule has 0 saturated heterocycles. The highest BCUT2D eigenvalue weighted by Crippen LogP contribution is 2.49. The summed E-state index contributed by atoms with van der Waals surface area (Å²) < 4.78 is 6.06. The van der Waals surface area contributed by atoms with Gasteiger partial charge >= 0.3 is 0 Å². The van der Waals surface area contributed by atoms with E-state index < -0.39 is 11.5 Å². The van der Waals surface area contributed by atoms with Gasteiger partial charge < -0.3 is 9.84 Å². The summed E-state index contributed by atoms with van der Waals surface area (Å²) in [6, 6.07) is 7.93. The highest BCUT2D eigenvalue weighted by molar-refractivity contribution is 9.10. The number of ether oxygens (including phenoxy) is 1. The number of nitriles is 1. The van der Waals surface area contributed by atoms with Crippen molar-refractivity contribution in [3.05, 3.63) is 28.2 Å². The van der Waals surface area contributed by atoms with Crippen molar-refractivity contribution in [1.82, 2.24) is 0 Å². The molecular weight excluding hydrogens is 330 g/mol. The van der Waals surface area contributed by atoms with Gasteiger partial charge in [0, 0.05) is 4.47 Å². The third-order valence-electron chi connectivity index (χ3n) is 4.82. The van der Waals surface area contributed by atoms with Crippen LogP contribution in [-0.2, 0) is 0 Å². The van der Waals surface area contributed by atoms with Gasteiger partial charge in [0.1, 0.15) is 5.75 Å². The van der Waals surface area contributed by atoms with Crippen LogP contribution in [0.15, 0.2) is 22.7 Å². The number of hydrogen-bond acceptors (Lipinski definition) is 3. The molecule has 0 aliphatic heterocycles. The molecule has 1 unspecified atom stereocenters. The van der Waals surface area contributed by atoms with Crippen LogP contribution < -0.4 is 4.74 Å². The number of rotatable bonds is 4. The molecule has 1 aliphatic rings. The SMILES string of the molecule is CCC1CCC(C#N)(C(O)c2cc(OC)ccc2Br)CC1. The van der Waals surface area contributed by atoms with E-state index in [4.69, 9.17) is 4.74 Å². The van der Waals surface area contributed by atoms with Crippen LogP contribution in [0.4, 0.5) is 0 Å². The number of benzene rings is 1. The lowest BCUT2D eigenvalue weighted by Crippen LogP contribution is -2.32. The Hall–Kier alpha value is -1.05. The van der Waals surface area contributed by atoms with Crippen molar-refractivity contribution >= 4 is 15.9 Å². The Morgan fingerprint density at radius 1 is 1.48 bits per heavy atom. The van der Waals surface area contributed by atoms with Gasteiger partial charge in [-0.3, -0.25) is 0 Å². The van der Waals surface area contributed by atoms with Crippen LogP contribution in [0.3, 0.4) is 0 Å². The predicted octanol–water partition coefficient (Wildman–Crippen LogP) is 4.60. The molecule has 0 heterocycles. The van der Waals surface area contributed by atoms with Gasteiger partial charge in [-0.1, -0.05) is 29.3 Å². The van der Waals surface area contributed by atoms with Gasteiger partial charge in [0.05, 0.1) is 24.7 Å². The Kier molecular flexibility index (Phi) is 5.29. The maximum Gasteiger partial charge on any atom is 0.119 e. The lowest BCUT2D eigenvalue weighted by molar-refractivity contribution is 0.0236. The predicted molar refractivity (Wildman–Crippen MR) is 85.9 cm³/mol. The van der Waals surface area contributed by atoms with Crippen LogP contribution in [0, 0.1) is 22.7 Å². The summed E-state index contributed by atoms with van der Waals surface area (Å²) in [5, 5.41) is 20.5. The van der Waals surface area contributed by atoms with Crippen LogP contribution in [0.5, 0.6) is 5.75 Å². The molecule has 0 aromatic heterocycles. The van der Waals surface area contributed by atoms with E-state index in [2.05, 4.69) is 28.9 Å². The van der Waals surface area contributed by atoms with E-state index in [1.807, 2.05) is 18.2 Å². The van der Waals surface area contributed by atoms with E-state index in [9.17, 15) is 10.4 Å². The normalized spacial score (nSPS) is 26.9. The molecule has 1 atom stereocenters. The summed E-state index contributed by atoms with van der Waals surface area (Å²) in [6.45, 7) is 2.19. The van der Waals surface area contributed by atoms with E-state index in [1.54, 1.807) is 7.11 Å². The van der Waals surface area contributed by atoms with E-state index in [-0.39, 0.29) is 0 Å². The minimum absolute atomic E-state index is 0.680. The van der Waals surface area contributed by atoms with Gasteiger partial charge in [0.15, 0.2) is 0 Å². The fraction of sp³-hybridized carbons (Fsp3) is 0.588. The Morgan fingerprint density at radius 3 is 2.67 bits per heavy atom. The smallest absolute Gasteiger partial charge is 0.119 e. The highest BCUT2D eigenvalue weighted by Gasteiger charge is 2.42. The standard InChI is InChI=1S/C17H22BrNO2/c1-3-12-6-8-17(11-19,9-7-12)16(20)14-10-13(21-2)4-5-15(14)18/h4-5,10,12,16,20H,3,6-9H2,1-2H3. The van der Waals surface area contributed by atoms with Gasteiger partial charge in [-0.25, -0.2) is 0 Å². The first-order chi connectivity index (χ1) is 10.1. The number of halogens is 1. The molecule has 1 aliphatic carbocycles. The van der Waals surface area contributed by atoms with Gasteiger partial charge in [-0.05, 0) is 55.4 Å². The van der Waals surface area contributed by atoms with Crippen LogP contribution in [0.1, 0.15) is 50.7 Å². The summed E-state index contributed by atoms with van der Waals surface area (Å²) in [5.74, 6) is 1.38. The van der Waals surface area contributed by atoms with Crippen molar-refractivity contribution < 1.29 is 9.84 Å². The molecule has 1 aromatic carbocycles. The molecule has 0 spiro atoms. The minimum atomic E-state index is -0.787. The molecule has 4 heteroatoms. The molecule has 0 radical (unpaired) electrons. The first-order valence-corrected chi connectivity index (χ1v) is 8.28. The molecular formula is C17H22BrNO2. The number of aliphatic hydroxyl groups is 1. The molecule has 1 aromatic rings. The van der Waals surface area contributed by atoms with Crippen LogP contribution in [0.2, 0.25) is 0 Å². The second-order valence-corrected chi connectivity index (χ2v) is 6.76. The summed E-state index contributed by atoms with van der Waals surface area (Å²) in [4.78, 5) is 0. The number of hydrogen-bond donors (Lipinski definition) is 1. The third kappa shape index (κ3) is 3.25. The molecule has 0 bridgehead atoms. The summed E-state index contributed by atoms with van der Waals surface area (Å²) >= 11 is 3.48. The van der Waals surface area contributed by atoms with E-state index in [0.717, 1.165) is 42.1 Å². The number of aliphatic hydroxyl groups excluding tert-OH is 1. The topological polar surface area (TPSA) is 53.2 Å². The fourth-order valence-corrected chi connectivity index (χ4v) is 3.67. The first-order valence-electron chi connectivity index (χ1n) is 7.49. The third-order valence-corrected chi connectivity index (χ3v) is 5.54. The van der Waals surface area contributed by atoms with E-state index in [0.29, 0.717) is 11.7 Å². The van der Waals surface area contributed by atoms with Crippen molar-refractivity contribution in [1.29, 1.82) is 5.26 Å². The van der Waals surface area contributed by atoms with Crippen LogP contribution >= 0.6 is 15.9 Å². The number of nitrogens with zero attached hydrogens (tertiary/aromatic N) is 1. The van der Waals surface area contributed by atoms with Crippen LogP contribution in [-0.4, -0.2) is 12.2 Å². The first kappa shape index (κ1) is 16.3. The van der Waals surface area contributed by atoms with Gasteiger partial charge in [-0.15, -0.1) is 0 Å². The molecule has 3 nitrogen and oxygen atoms in total. The van der Waals surface area contributed by atoms with Gasteiger partial charge in [0.2, 0.25) is 0 Å². The van der Waals surface area contributed by atoms with E-state index >= 15 is 0 Å². The van der Waals surface area contributed by atoms with Crippen molar-refractivity contribution in [2.45, 2.75) is 45.1 Å². The summed E-state index contributed by atoms with van der Waals surface area (Å²) in [6.07, 6.45) is 3.91. The monoisotopic (exact) mass is 351 g/mol.